The number of carbonyl (C=O) groups is 2. The fraction of sp³-hybridized carbons (Fsp3) is 0.333. The van der Waals surface area contributed by atoms with Crippen molar-refractivity contribution in [2.75, 3.05) is 0 Å². The quantitative estimate of drug-likeness (QED) is 0.828. The molecule has 0 aliphatic carbocycles. The van der Waals surface area contributed by atoms with Gasteiger partial charge in [-0.25, -0.2) is 0 Å². The minimum Gasteiger partial charge on any atom is -0.366 e. The van der Waals surface area contributed by atoms with E-state index in [0.717, 1.165) is 5.56 Å². The number of nitrogens with two attached hydrogens (primary N) is 1. The zero-order valence-corrected chi connectivity index (χ0v) is 11.4. The highest BCUT2D eigenvalue weighted by atomic mass is 79.9. The van der Waals surface area contributed by atoms with Crippen LogP contribution in [0.15, 0.2) is 24.3 Å². The van der Waals surface area contributed by atoms with Crippen molar-refractivity contribution in [1.29, 1.82) is 0 Å². The molecule has 92 valence electrons. The summed E-state index contributed by atoms with van der Waals surface area (Å²) >= 11 is 3.27. The lowest BCUT2D eigenvalue weighted by Gasteiger charge is -2.15. The molecule has 0 fully saturated rings. The van der Waals surface area contributed by atoms with Crippen LogP contribution in [-0.2, 0) is 11.3 Å². The van der Waals surface area contributed by atoms with Gasteiger partial charge in [-0.2, -0.15) is 0 Å². The highest BCUT2D eigenvalue weighted by Crippen LogP contribution is 2.15. The van der Waals surface area contributed by atoms with Crippen LogP contribution in [0, 0.1) is 0 Å². The molecular formula is C12H15BrN2O2. The number of benzene rings is 1. The minimum absolute atomic E-state index is 0.109. The van der Waals surface area contributed by atoms with Gasteiger partial charge in [-0.05, 0) is 31.5 Å². The van der Waals surface area contributed by atoms with Crippen LogP contribution in [0.25, 0.3) is 0 Å². The Labute approximate surface area is 109 Å². The summed E-state index contributed by atoms with van der Waals surface area (Å²) in [4.78, 5) is 22.6. The number of rotatable bonds is 4. The van der Waals surface area contributed by atoms with Crippen molar-refractivity contribution in [2.24, 2.45) is 5.73 Å². The number of alkyl halides is 1. The van der Waals surface area contributed by atoms with Gasteiger partial charge in [0.05, 0.1) is 4.32 Å². The maximum atomic E-state index is 11.6. The Morgan fingerprint density at radius 3 is 2.59 bits per heavy atom. The van der Waals surface area contributed by atoms with E-state index >= 15 is 0 Å². The fourth-order valence-electron chi connectivity index (χ4n) is 1.23. The largest absolute Gasteiger partial charge is 0.366 e. The molecule has 0 spiro atoms. The number of primary amides is 1. The Morgan fingerprint density at radius 1 is 1.41 bits per heavy atom. The Bertz CT molecular complexity index is 438. The van der Waals surface area contributed by atoms with Gasteiger partial charge in [-0.3, -0.25) is 9.59 Å². The van der Waals surface area contributed by atoms with Crippen LogP contribution in [0.1, 0.15) is 29.8 Å². The average molecular weight is 299 g/mol. The Hall–Kier alpha value is -1.36. The average Bonchev–Trinajstić information content (AvgIpc) is 2.25. The third-order valence-corrected chi connectivity index (χ3v) is 2.56. The SMILES string of the molecule is CC(C)(Br)C(=O)NCc1cccc(C(N)=O)c1. The molecule has 0 aliphatic rings. The lowest BCUT2D eigenvalue weighted by Crippen LogP contribution is -2.37. The van der Waals surface area contributed by atoms with Crippen LogP contribution in [0.2, 0.25) is 0 Å². The summed E-state index contributed by atoms with van der Waals surface area (Å²) in [6, 6.07) is 6.88. The van der Waals surface area contributed by atoms with Gasteiger partial charge >= 0.3 is 0 Å². The summed E-state index contributed by atoms with van der Waals surface area (Å²) in [5.74, 6) is -0.582. The molecular weight excluding hydrogens is 284 g/mol. The van der Waals surface area contributed by atoms with Gasteiger partial charge in [0.15, 0.2) is 0 Å². The Kier molecular flexibility index (Phi) is 4.28. The summed E-state index contributed by atoms with van der Waals surface area (Å²) in [5.41, 5.74) is 6.45. The van der Waals surface area contributed by atoms with Crippen molar-refractivity contribution in [2.45, 2.75) is 24.7 Å². The molecule has 0 aliphatic heterocycles. The van der Waals surface area contributed by atoms with Gasteiger partial charge in [0.25, 0.3) is 0 Å². The van der Waals surface area contributed by atoms with E-state index in [1.807, 2.05) is 6.07 Å². The van der Waals surface area contributed by atoms with Crippen LogP contribution in [0.3, 0.4) is 0 Å². The highest BCUT2D eigenvalue weighted by molar-refractivity contribution is 9.10. The van der Waals surface area contributed by atoms with E-state index in [9.17, 15) is 9.59 Å². The number of hydrogen-bond donors (Lipinski definition) is 2. The summed E-state index contributed by atoms with van der Waals surface area (Å²) in [6.07, 6.45) is 0. The van der Waals surface area contributed by atoms with Crippen molar-refractivity contribution in [3.05, 3.63) is 35.4 Å². The number of hydrogen-bond acceptors (Lipinski definition) is 2. The summed E-state index contributed by atoms with van der Waals surface area (Å²) < 4.78 is -0.603. The first kappa shape index (κ1) is 13.7. The van der Waals surface area contributed by atoms with Gasteiger partial charge in [0, 0.05) is 12.1 Å². The van der Waals surface area contributed by atoms with E-state index in [0.29, 0.717) is 12.1 Å². The number of nitrogens with one attached hydrogen (secondary N) is 1. The van der Waals surface area contributed by atoms with Crippen molar-refractivity contribution in [3.8, 4) is 0 Å². The number of carbonyl (C=O) groups excluding carboxylic acids is 2. The lowest BCUT2D eigenvalue weighted by atomic mass is 10.1. The molecule has 0 saturated carbocycles. The molecule has 1 rings (SSSR count). The topological polar surface area (TPSA) is 72.2 Å². The predicted octanol–water partition coefficient (Wildman–Crippen LogP) is 1.58. The van der Waals surface area contributed by atoms with Crippen LogP contribution in [0.5, 0.6) is 0 Å². The van der Waals surface area contributed by atoms with E-state index in [4.69, 9.17) is 5.73 Å². The standard InChI is InChI=1S/C12H15BrN2O2/c1-12(2,13)11(17)15-7-8-4-3-5-9(6-8)10(14)16/h3-6H,7H2,1-2H3,(H2,14,16)(H,15,17). The first-order valence-corrected chi connectivity index (χ1v) is 5.96. The first-order chi connectivity index (χ1) is 7.80. The molecule has 1 aromatic rings. The van der Waals surface area contributed by atoms with E-state index < -0.39 is 10.2 Å². The molecule has 0 atom stereocenters. The molecule has 2 amide bonds. The van der Waals surface area contributed by atoms with Crippen LogP contribution >= 0.6 is 15.9 Å². The molecule has 0 aromatic heterocycles. The Morgan fingerprint density at radius 2 is 2.06 bits per heavy atom. The predicted molar refractivity (Wildman–Crippen MR) is 69.8 cm³/mol. The van der Waals surface area contributed by atoms with Crippen LogP contribution < -0.4 is 11.1 Å². The fourth-order valence-corrected chi connectivity index (χ4v) is 1.37. The molecule has 5 heteroatoms. The van der Waals surface area contributed by atoms with E-state index in [1.54, 1.807) is 32.0 Å². The van der Waals surface area contributed by atoms with E-state index in [2.05, 4.69) is 21.2 Å². The van der Waals surface area contributed by atoms with Gasteiger partial charge in [-0.1, -0.05) is 28.1 Å². The summed E-state index contributed by atoms with van der Waals surface area (Å²) in [5, 5.41) is 2.77. The van der Waals surface area contributed by atoms with Crippen LogP contribution in [-0.4, -0.2) is 16.1 Å². The molecule has 0 unspecified atom stereocenters. The molecule has 0 bridgehead atoms. The van der Waals surface area contributed by atoms with E-state index in [1.165, 1.54) is 0 Å². The third kappa shape index (κ3) is 4.19. The Balaban J connectivity index is 2.67. The van der Waals surface area contributed by atoms with Gasteiger partial charge in [0.2, 0.25) is 11.8 Å². The van der Waals surface area contributed by atoms with Gasteiger partial charge in [0.1, 0.15) is 0 Å². The van der Waals surface area contributed by atoms with Crippen molar-refractivity contribution >= 4 is 27.7 Å². The molecule has 1 aromatic carbocycles. The zero-order valence-electron chi connectivity index (χ0n) is 9.79. The minimum atomic E-state index is -0.603. The number of halogens is 1. The highest BCUT2D eigenvalue weighted by Gasteiger charge is 2.22. The molecule has 17 heavy (non-hydrogen) atoms. The maximum absolute atomic E-state index is 11.6. The van der Waals surface area contributed by atoms with Gasteiger partial charge < -0.3 is 11.1 Å². The first-order valence-electron chi connectivity index (χ1n) is 5.16. The van der Waals surface area contributed by atoms with Crippen molar-refractivity contribution in [1.82, 2.24) is 5.32 Å². The van der Waals surface area contributed by atoms with Gasteiger partial charge in [-0.15, -0.1) is 0 Å². The molecule has 0 saturated heterocycles. The van der Waals surface area contributed by atoms with E-state index in [-0.39, 0.29) is 5.91 Å². The summed E-state index contributed by atoms with van der Waals surface area (Å²) in [6.45, 7) is 3.90. The summed E-state index contributed by atoms with van der Waals surface area (Å²) in [7, 11) is 0. The lowest BCUT2D eigenvalue weighted by molar-refractivity contribution is -0.122. The molecule has 0 heterocycles. The molecule has 0 radical (unpaired) electrons. The second-order valence-electron chi connectivity index (χ2n) is 4.22. The third-order valence-electron chi connectivity index (χ3n) is 2.20. The number of amides is 2. The second kappa shape index (κ2) is 5.31. The normalized spacial score (nSPS) is 11.0. The molecule has 3 N–H and O–H groups in total. The van der Waals surface area contributed by atoms with Crippen molar-refractivity contribution < 1.29 is 9.59 Å². The second-order valence-corrected chi connectivity index (χ2v) is 6.20. The molecule has 4 nitrogen and oxygen atoms in total. The maximum Gasteiger partial charge on any atom is 0.248 e. The smallest absolute Gasteiger partial charge is 0.248 e. The zero-order chi connectivity index (χ0) is 13.1. The monoisotopic (exact) mass is 298 g/mol. The van der Waals surface area contributed by atoms with Crippen molar-refractivity contribution in [3.63, 3.8) is 0 Å². The van der Waals surface area contributed by atoms with Crippen LogP contribution in [0.4, 0.5) is 0 Å².